The molecule has 1 fully saturated rings. The van der Waals surface area contributed by atoms with Gasteiger partial charge in [0.15, 0.2) is 0 Å². The molecule has 1 aromatic carbocycles. The highest BCUT2D eigenvalue weighted by Gasteiger charge is 2.32. The van der Waals surface area contributed by atoms with E-state index in [1.165, 1.54) is 17.3 Å². The molecule has 1 unspecified atom stereocenters. The van der Waals surface area contributed by atoms with E-state index in [0.29, 0.717) is 32.6 Å². The molecule has 166 valence electrons. The summed E-state index contributed by atoms with van der Waals surface area (Å²) in [5.74, 6) is -0.184. The number of hydrogen-bond acceptors (Lipinski definition) is 5. The summed E-state index contributed by atoms with van der Waals surface area (Å²) >= 11 is 0. The summed E-state index contributed by atoms with van der Waals surface area (Å²) in [7, 11) is 0. The highest BCUT2D eigenvalue weighted by atomic mass is 16.2. The number of benzene rings is 1. The molecule has 1 aliphatic heterocycles. The second kappa shape index (κ2) is 10.2. The first-order valence-electron chi connectivity index (χ1n) is 11.0. The van der Waals surface area contributed by atoms with Crippen molar-refractivity contribution < 1.29 is 9.59 Å². The first-order valence-corrected chi connectivity index (χ1v) is 11.0. The van der Waals surface area contributed by atoms with Gasteiger partial charge < -0.3 is 9.80 Å². The Labute approximate surface area is 187 Å². The van der Waals surface area contributed by atoms with Crippen molar-refractivity contribution >= 4 is 11.8 Å². The lowest BCUT2D eigenvalue weighted by Gasteiger charge is -2.24. The van der Waals surface area contributed by atoms with Crippen LogP contribution in [0.5, 0.6) is 0 Å². The molecule has 4 rings (SSSR count). The van der Waals surface area contributed by atoms with Crippen LogP contribution in [0.4, 0.5) is 0 Å². The zero-order chi connectivity index (χ0) is 22.3. The van der Waals surface area contributed by atoms with E-state index in [4.69, 9.17) is 0 Å². The number of nitrogens with zero attached hydrogens (tertiary/aromatic N) is 6. The molecule has 2 amide bonds. The Hall–Kier alpha value is -3.55. The van der Waals surface area contributed by atoms with Gasteiger partial charge in [-0.15, -0.1) is 0 Å². The number of carbonyl (C=O) groups excluding carboxylic acids is 2. The summed E-state index contributed by atoms with van der Waals surface area (Å²) in [5.41, 5.74) is 3.31. The summed E-state index contributed by atoms with van der Waals surface area (Å²) in [4.78, 5) is 37.8. The molecular weight excluding hydrogens is 404 g/mol. The van der Waals surface area contributed by atoms with Gasteiger partial charge in [-0.25, -0.2) is 9.67 Å². The van der Waals surface area contributed by atoms with Crippen molar-refractivity contribution in [2.45, 2.75) is 26.3 Å². The van der Waals surface area contributed by atoms with Gasteiger partial charge in [-0.2, -0.15) is 5.10 Å². The average molecular weight is 433 g/mol. The second-order valence-corrected chi connectivity index (χ2v) is 8.09. The van der Waals surface area contributed by atoms with E-state index in [9.17, 15) is 9.59 Å². The van der Waals surface area contributed by atoms with Crippen molar-refractivity contribution in [1.82, 2.24) is 29.5 Å². The Bertz CT molecular complexity index is 1020. The number of amides is 2. The van der Waals surface area contributed by atoms with Crippen LogP contribution >= 0.6 is 0 Å². The minimum atomic E-state index is -0.268. The minimum Gasteiger partial charge on any atom is -0.341 e. The maximum Gasteiger partial charge on any atom is 0.244 e. The Morgan fingerprint density at radius 2 is 1.78 bits per heavy atom. The van der Waals surface area contributed by atoms with Gasteiger partial charge in [0.2, 0.25) is 11.8 Å². The molecule has 0 spiro atoms. The Morgan fingerprint density at radius 1 is 1.03 bits per heavy atom. The Morgan fingerprint density at radius 3 is 2.47 bits per heavy atom. The quantitative estimate of drug-likeness (QED) is 0.572. The van der Waals surface area contributed by atoms with Crippen molar-refractivity contribution in [3.05, 3.63) is 67.0 Å². The fourth-order valence-electron chi connectivity index (χ4n) is 4.13. The molecule has 0 N–H and O–H groups in total. The van der Waals surface area contributed by atoms with Gasteiger partial charge in [0.1, 0.15) is 19.2 Å². The zero-order valence-electron chi connectivity index (χ0n) is 18.3. The fourth-order valence-corrected chi connectivity index (χ4v) is 4.13. The van der Waals surface area contributed by atoms with Gasteiger partial charge >= 0.3 is 0 Å². The van der Waals surface area contributed by atoms with Crippen LogP contribution in [0.25, 0.3) is 11.1 Å². The molecule has 32 heavy (non-hydrogen) atoms. The average Bonchev–Trinajstić information content (AvgIpc) is 3.28. The topological polar surface area (TPSA) is 84.2 Å². The van der Waals surface area contributed by atoms with E-state index in [-0.39, 0.29) is 24.3 Å². The van der Waals surface area contributed by atoms with Gasteiger partial charge in [0.05, 0.1) is 5.92 Å². The van der Waals surface area contributed by atoms with E-state index in [2.05, 4.69) is 46.3 Å². The SMILES string of the molecule is CCCN1CCN(C(=O)Cn2cncn2)CC(Cc2ccc(-c3ccncc3)cc2)C1=O. The second-order valence-electron chi connectivity index (χ2n) is 8.09. The van der Waals surface area contributed by atoms with Crippen LogP contribution < -0.4 is 0 Å². The van der Waals surface area contributed by atoms with E-state index in [0.717, 1.165) is 23.1 Å². The molecule has 1 atom stereocenters. The molecule has 8 nitrogen and oxygen atoms in total. The normalized spacial score (nSPS) is 16.8. The molecule has 3 aromatic rings. The van der Waals surface area contributed by atoms with Crippen molar-refractivity contribution in [3.8, 4) is 11.1 Å². The van der Waals surface area contributed by atoms with Crippen LogP contribution in [0.15, 0.2) is 61.4 Å². The van der Waals surface area contributed by atoms with Crippen molar-refractivity contribution in [2.75, 3.05) is 26.2 Å². The van der Waals surface area contributed by atoms with Crippen molar-refractivity contribution in [3.63, 3.8) is 0 Å². The highest BCUT2D eigenvalue weighted by molar-refractivity contribution is 5.82. The molecule has 0 aliphatic carbocycles. The molecule has 0 bridgehead atoms. The number of carbonyl (C=O) groups is 2. The molecule has 8 heteroatoms. The maximum atomic E-state index is 13.3. The zero-order valence-corrected chi connectivity index (χ0v) is 18.3. The van der Waals surface area contributed by atoms with Gasteiger partial charge in [0.25, 0.3) is 0 Å². The molecular formula is C24H28N6O2. The standard InChI is InChI=1S/C24H28N6O2/c1-2-11-28-12-13-29(23(31)16-30-18-26-17-27-30)15-22(24(28)32)14-19-3-5-20(6-4-19)21-7-9-25-10-8-21/h3-10,17-18,22H,2,11-16H2,1H3. The number of rotatable bonds is 7. The molecule has 1 aliphatic rings. The highest BCUT2D eigenvalue weighted by Crippen LogP contribution is 2.22. The summed E-state index contributed by atoms with van der Waals surface area (Å²) in [6, 6.07) is 12.2. The smallest absolute Gasteiger partial charge is 0.244 e. The van der Waals surface area contributed by atoms with Crippen LogP contribution in [0.2, 0.25) is 0 Å². The van der Waals surface area contributed by atoms with Crippen LogP contribution in [0, 0.1) is 5.92 Å². The van der Waals surface area contributed by atoms with Crippen LogP contribution in [-0.4, -0.2) is 67.5 Å². The van der Waals surface area contributed by atoms with E-state index >= 15 is 0 Å². The first-order chi connectivity index (χ1) is 15.6. The lowest BCUT2D eigenvalue weighted by Crippen LogP contribution is -2.39. The summed E-state index contributed by atoms with van der Waals surface area (Å²) < 4.78 is 1.52. The lowest BCUT2D eigenvalue weighted by molar-refractivity contribution is -0.135. The maximum absolute atomic E-state index is 13.3. The summed E-state index contributed by atoms with van der Waals surface area (Å²) in [5, 5.41) is 4.03. The molecule has 3 heterocycles. The monoisotopic (exact) mass is 432 g/mol. The Kier molecular flexibility index (Phi) is 6.89. The third kappa shape index (κ3) is 5.19. The summed E-state index contributed by atoms with van der Waals surface area (Å²) in [6.45, 7) is 4.43. The van der Waals surface area contributed by atoms with Crippen LogP contribution in [-0.2, 0) is 22.6 Å². The molecule has 0 saturated carbocycles. The van der Waals surface area contributed by atoms with Gasteiger partial charge in [-0.3, -0.25) is 14.6 Å². The number of hydrogen-bond donors (Lipinski definition) is 0. The van der Waals surface area contributed by atoms with Gasteiger partial charge in [-0.1, -0.05) is 31.2 Å². The van der Waals surface area contributed by atoms with E-state index < -0.39 is 0 Å². The number of pyridine rings is 1. The van der Waals surface area contributed by atoms with Crippen LogP contribution in [0.1, 0.15) is 18.9 Å². The van der Waals surface area contributed by atoms with Crippen molar-refractivity contribution in [2.24, 2.45) is 5.92 Å². The van der Waals surface area contributed by atoms with Gasteiger partial charge in [-0.05, 0) is 41.7 Å². The molecule has 1 saturated heterocycles. The third-order valence-corrected chi connectivity index (χ3v) is 5.80. The van der Waals surface area contributed by atoms with Crippen molar-refractivity contribution in [1.29, 1.82) is 0 Å². The largest absolute Gasteiger partial charge is 0.341 e. The first kappa shape index (κ1) is 21.7. The Balaban J connectivity index is 1.49. The molecule has 2 aromatic heterocycles. The molecule has 0 radical (unpaired) electrons. The predicted molar refractivity (Wildman–Crippen MR) is 120 cm³/mol. The summed E-state index contributed by atoms with van der Waals surface area (Å²) in [6.07, 6.45) is 8.00. The van der Waals surface area contributed by atoms with E-state index in [1.807, 2.05) is 17.0 Å². The lowest BCUT2D eigenvalue weighted by atomic mass is 9.95. The minimum absolute atomic E-state index is 0.0420. The fraction of sp³-hybridized carbons (Fsp3) is 0.375. The van der Waals surface area contributed by atoms with Crippen LogP contribution in [0.3, 0.4) is 0 Å². The van der Waals surface area contributed by atoms with E-state index in [1.54, 1.807) is 17.3 Å². The number of aromatic nitrogens is 4. The third-order valence-electron chi connectivity index (χ3n) is 5.80. The van der Waals surface area contributed by atoms with Gasteiger partial charge in [0, 0.05) is 38.6 Å². The predicted octanol–water partition coefficient (Wildman–Crippen LogP) is 2.28.